The van der Waals surface area contributed by atoms with E-state index in [9.17, 15) is 0 Å². The number of pyridine rings is 1. The van der Waals surface area contributed by atoms with Crippen molar-refractivity contribution >= 4 is 10.9 Å². The third-order valence-corrected chi connectivity index (χ3v) is 3.80. The van der Waals surface area contributed by atoms with Gasteiger partial charge in [0.15, 0.2) is 0 Å². The summed E-state index contributed by atoms with van der Waals surface area (Å²) in [4.78, 5) is 4.85. The van der Waals surface area contributed by atoms with Crippen molar-refractivity contribution < 1.29 is 0 Å². The number of likely N-dealkylation sites (N-methyl/N-ethyl adjacent to an activating group) is 1. The van der Waals surface area contributed by atoms with Gasteiger partial charge in [-0.25, -0.2) is 0 Å². The van der Waals surface area contributed by atoms with Crippen LogP contribution in [0.5, 0.6) is 0 Å². The normalized spacial score (nSPS) is 14.7. The maximum Gasteiger partial charge on any atom is 0.0705 e. The first-order valence-corrected chi connectivity index (χ1v) is 6.71. The molecule has 2 atom stereocenters. The highest BCUT2D eigenvalue weighted by atomic mass is 14.9. The highest BCUT2D eigenvalue weighted by Crippen LogP contribution is 2.25. The fourth-order valence-corrected chi connectivity index (χ4v) is 2.70. The van der Waals surface area contributed by atoms with E-state index in [-0.39, 0.29) is 0 Å². The Hall–Kier alpha value is -1.41. The maximum atomic E-state index is 4.85. The lowest BCUT2D eigenvalue weighted by Gasteiger charge is -2.23. The largest absolute Gasteiger partial charge is 0.316 e. The maximum absolute atomic E-state index is 4.85. The second-order valence-electron chi connectivity index (χ2n) is 4.98. The minimum absolute atomic E-state index is 0.435. The Labute approximate surface area is 109 Å². The zero-order chi connectivity index (χ0) is 13.1. The first-order valence-electron chi connectivity index (χ1n) is 6.71. The van der Waals surface area contributed by atoms with Crippen LogP contribution in [0.1, 0.15) is 37.4 Å². The Morgan fingerprint density at radius 1 is 1.28 bits per heavy atom. The molecule has 2 aromatic rings. The molecule has 1 heterocycles. The third kappa shape index (κ3) is 2.39. The van der Waals surface area contributed by atoms with Gasteiger partial charge in [0, 0.05) is 23.0 Å². The van der Waals surface area contributed by atoms with Crippen LogP contribution < -0.4 is 5.32 Å². The molecule has 2 rings (SSSR count). The van der Waals surface area contributed by atoms with Gasteiger partial charge in [0.2, 0.25) is 0 Å². The second-order valence-corrected chi connectivity index (χ2v) is 4.98. The van der Waals surface area contributed by atoms with Gasteiger partial charge in [-0.3, -0.25) is 4.98 Å². The summed E-state index contributed by atoms with van der Waals surface area (Å²) in [5.74, 6) is 0.435. The summed E-state index contributed by atoms with van der Waals surface area (Å²) in [7, 11) is 2.03. The number of aryl methyl sites for hydroxylation is 1. The zero-order valence-electron chi connectivity index (χ0n) is 11.7. The summed E-state index contributed by atoms with van der Waals surface area (Å²) < 4.78 is 0. The minimum Gasteiger partial charge on any atom is -0.316 e. The number of nitrogens with one attached hydrogen (secondary N) is 1. The van der Waals surface area contributed by atoms with Crippen molar-refractivity contribution in [1.82, 2.24) is 10.3 Å². The molecule has 0 aliphatic rings. The Balaban J connectivity index is 2.47. The van der Waals surface area contributed by atoms with Crippen LogP contribution in [0.25, 0.3) is 10.9 Å². The molecule has 0 amide bonds. The van der Waals surface area contributed by atoms with Gasteiger partial charge in [-0.1, -0.05) is 32.0 Å². The molecule has 2 nitrogen and oxygen atoms in total. The van der Waals surface area contributed by atoms with Crippen LogP contribution in [0.3, 0.4) is 0 Å². The summed E-state index contributed by atoms with van der Waals surface area (Å²) in [6.07, 6.45) is 1.12. The molecule has 1 N–H and O–H groups in total. The Morgan fingerprint density at radius 3 is 2.67 bits per heavy atom. The van der Waals surface area contributed by atoms with Crippen molar-refractivity contribution in [3.05, 3.63) is 41.6 Å². The average molecular weight is 242 g/mol. The molecule has 0 bridgehead atoms. The predicted octanol–water partition coefficient (Wildman–Crippen LogP) is 3.64. The van der Waals surface area contributed by atoms with E-state index in [1.165, 1.54) is 16.6 Å². The van der Waals surface area contributed by atoms with Gasteiger partial charge in [0.1, 0.15) is 0 Å². The average Bonchev–Trinajstić information content (AvgIpc) is 2.39. The quantitative estimate of drug-likeness (QED) is 0.885. The number of fused-ring (bicyclic) bond motifs is 1. The van der Waals surface area contributed by atoms with Crippen LogP contribution in [-0.2, 0) is 0 Å². The van der Waals surface area contributed by atoms with E-state index in [4.69, 9.17) is 4.98 Å². The Morgan fingerprint density at radius 2 is 2.00 bits per heavy atom. The van der Waals surface area contributed by atoms with Crippen LogP contribution >= 0.6 is 0 Å². The summed E-state index contributed by atoms with van der Waals surface area (Å²) in [6, 6.07) is 11.1. The molecule has 0 aliphatic heterocycles. The van der Waals surface area contributed by atoms with E-state index in [1.807, 2.05) is 7.05 Å². The molecule has 2 unspecified atom stereocenters. The molecule has 18 heavy (non-hydrogen) atoms. The molecule has 0 saturated carbocycles. The Kier molecular flexibility index (Phi) is 3.97. The van der Waals surface area contributed by atoms with Gasteiger partial charge in [0.05, 0.1) is 5.52 Å². The standard InChI is InChI=1S/C16H22N2/c1-5-14(17-4)12(3)16-11(2)10-13-8-6-7-9-15(13)18-16/h6-10,12,14,17H,5H2,1-4H3. The van der Waals surface area contributed by atoms with E-state index >= 15 is 0 Å². The van der Waals surface area contributed by atoms with Gasteiger partial charge in [-0.15, -0.1) is 0 Å². The van der Waals surface area contributed by atoms with Crippen molar-refractivity contribution in [1.29, 1.82) is 0 Å². The van der Waals surface area contributed by atoms with Crippen molar-refractivity contribution in [3.8, 4) is 0 Å². The zero-order valence-corrected chi connectivity index (χ0v) is 11.7. The fraction of sp³-hybridized carbons (Fsp3) is 0.438. The first-order chi connectivity index (χ1) is 8.67. The van der Waals surface area contributed by atoms with Crippen LogP contribution in [0.2, 0.25) is 0 Å². The van der Waals surface area contributed by atoms with Gasteiger partial charge in [-0.05, 0) is 38.1 Å². The predicted molar refractivity (Wildman–Crippen MR) is 78.0 cm³/mol. The van der Waals surface area contributed by atoms with Gasteiger partial charge >= 0.3 is 0 Å². The van der Waals surface area contributed by atoms with E-state index in [2.05, 4.69) is 56.4 Å². The molecule has 1 aromatic carbocycles. The molecule has 0 saturated heterocycles. The van der Waals surface area contributed by atoms with Crippen LogP contribution in [0.4, 0.5) is 0 Å². The number of aromatic nitrogens is 1. The number of nitrogens with zero attached hydrogens (tertiary/aromatic N) is 1. The van der Waals surface area contributed by atoms with Crippen LogP contribution in [0, 0.1) is 6.92 Å². The first kappa shape index (κ1) is 13.0. The highest BCUT2D eigenvalue weighted by molar-refractivity contribution is 5.79. The van der Waals surface area contributed by atoms with E-state index in [0.717, 1.165) is 11.9 Å². The minimum atomic E-state index is 0.435. The van der Waals surface area contributed by atoms with Crippen molar-refractivity contribution in [3.63, 3.8) is 0 Å². The number of rotatable bonds is 4. The summed E-state index contributed by atoms with van der Waals surface area (Å²) in [6.45, 7) is 6.64. The number of hydrogen-bond acceptors (Lipinski definition) is 2. The monoisotopic (exact) mass is 242 g/mol. The lowest BCUT2D eigenvalue weighted by atomic mass is 9.92. The molecular weight excluding hydrogens is 220 g/mol. The lowest BCUT2D eigenvalue weighted by Crippen LogP contribution is -2.30. The van der Waals surface area contributed by atoms with Crippen LogP contribution in [0.15, 0.2) is 30.3 Å². The summed E-state index contributed by atoms with van der Waals surface area (Å²) in [5, 5.41) is 4.61. The number of benzene rings is 1. The van der Waals surface area contributed by atoms with Crippen molar-refractivity contribution in [2.75, 3.05) is 7.05 Å². The lowest BCUT2D eigenvalue weighted by molar-refractivity contribution is 0.465. The fourth-order valence-electron chi connectivity index (χ4n) is 2.70. The van der Waals surface area contributed by atoms with E-state index in [1.54, 1.807) is 0 Å². The van der Waals surface area contributed by atoms with E-state index < -0.39 is 0 Å². The number of hydrogen-bond donors (Lipinski definition) is 1. The van der Waals surface area contributed by atoms with Crippen molar-refractivity contribution in [2.24, 2.45) is 0 Å². The second kappa shape index (κ2) is 5.49. The third-order valence-electron chi connectivity index (χ3n) is 3.80. The molecule has 96 valence electrons. The van der Waals surface area contributed by atoms with Crippen LogP contribution in [-0.4, -0.2) is 18.1 Å². The SMILES string of the molecule is CCC(NC)C(C)c1nc2ccccc2cc1C. The Bertz CT molecular complexity index is 530. The van der Waals surface area contributed by atoms with E-state index in [0.29, 0.717) is 12.0 Å². The molecule has 0 aliphatic carbocycles. The molecule has 0 fully saturated rings. The smallest absolute Gasteiger partial charge is 0.0705 e. The van der Waals surface area contributed by atoms with Crippen molar-refractivity contribution in [2.45, 2.75) is 39.2 Å². The molecule has 2 heteroatoms. The van der Waals surface area contributed by atoms with Gasteiger partial charge < -0.3 is 5.32 Å². The molecule has 0 spiro atoms. The molecule has 1 aromatic heterocycles. The number of para-hydroxylation sites is 1. The molecule has 0 radical (unpaired) electrons. The van der Waals surface area contributed by atoms with Gasteiger partial charge in [0.25, 0.3) is 0 Å². The summed E-state index contributed by atoms with van der Waals surface area (Å²) >= 11 is 0. The van der Waals surface area contributed by atoms with Gasteiger partial charge in [-0.2, -0.15) is 0 Å². The topological polar surface area (TPSA) is 24.9 Å². The summed E-state index contributed by atoms with van der Waals surface area (Å²) in [5.41, 5.74) is 3.60. The highest BCUT2D eigenvalue weighted by Gasteiger charge is 2.19. The molecular formula is C16H22N2.